The summed E-state index contributed by atoms with van der Waals surface area (Å²) in [4.78, 5) is 25.9. The zero-order valence-corrected chi connectivity index (χ0v) is 38.2. The number of halogens is 2. The smallest absolute Gasteiger partial charge is 0.224 e. The van der Waals surface area contributed by atoms with Gasteiger partial charge in [0.1, 0.15) is 30.5 Å². The Balaban J connectivity index is 1.45. The highest BCUT2D eigenvalue weighted by molar-refractivity contribution is 5.78. The summed E-state index contributed by atoms with van der Waals surface area (Å²) in [7, 11) is 0. The Morgan fingerprint density at radius 2 is 1.30 bits per heavy atom. The predicted octanol–water partition coefficient (Wildman–Crippen LogP) is 7.81. The minimum absolute atomic E-state index is 0.0996. The van der Waals surface area contributed by atoms with E-state index in [0.717, 1.165) is 87.0 Å². The van der Waals surface area contributed by atoms with Crippen molar-refractivity contribution in [3.05, 3.63) is 70.8 Å². The topological polar surface area (TPSA) is 178 Å². The van der Waals surface area contributed by atoms with Crippen LogP contribution < -0.4 is 10.6 Å². The number of aliphatic hydroxyl groups excluding tert-OH is 5. The van der Waals surface area contributed by atoms with Gasteiger partial charge in [-0.1, -0.05) is 158 Å². The van der Waals surface area contributed by atoms with Crippen LogP contribution in [0.5, 0.6) is 0 Å². The number of amides is 2. The van der Waals surface area contributed by atoms with E-state index in [0.29, 0.717) is 25.7 Å². The minimum Gasteiger partial charge on any atom is -0.390 e. The van der Waals surface area contributed by atoms with E-state index in [-0.39, 0.29) is 37.8 Å². The van der Waals surface area contributed by atoms with E-state index in [1.165, 1.54) is 57.4 Å². The third-order valence-corrected chi connectivity index (χ3v) is 12.2. The van der Waals surface area contributed by atoms with Gasteiger partial charge in [-0.3, -0.25) is 9.59 Å². The average molecular weight is 891 g/mol. The molecule has 2 unspecified atom stereocenters. The molecule has 0 radical (unpaired) electrons. The zero-order valence-electron chi connectivity index (χ0n) is 38.2. The molecule has 8 atom stereocenters. The Morgan fingerprint density at radius 3 is 1.92 bits per heavy atom. The minimum atomic E-state index is -1.67. The Morgan fingerprint density at radius 1 is 0.698 bits per heavy atom. The molecule has 2 aromatic carbocycles. The van der Waals surface area contributed by atoms with Crippen LogP contribution in [-0.2, 0) is 31.9 Å². The molecule has 0 aliphatic carbocycles. The molecule has 13 heteroatoms. The molecule has 3 rings (SSSR count). The summed E-state index contributed by atoms with van der Waals surface area (Å²) in [5.41, 5.74) is 2.61. The second kappa shape index (κ2) is 31.8. The van der Waals surface area contributed by atoms with Gasteiger partial charge in [0.15, 0.2) is 17.9 Å². The second-order valence-corrected chi connectivity index (χ2v) is 17.8. The zero-order chi connectivity index (χ0) is 45.8. The molecular formula is C50H80F2N2O9. The number of aryl methyl sites for hydroxylation is 2. The highest BCUT2D eigenvalue weighted by Crippen LogP contribution is 2.23. The van der Waals surface area contributed by atoms with Gasteiger partial charge < -0.3 is 45.6 Å². The normalized spacial score (nSPS) is 20.3. The van der Waals surface area contributed by atoms with Crippen molar-refractivity contribution in [1.82, 2.24) is 10.6 Å². The summed E-state index contributed by atoms with van der Waals surface area (Å²) < 4.78 is 38.3. The third-order valence-electron chi connectivity index (χ3n) is 12.2. The summed E-state index contributed by atoms with van der Waals surface area (Å²) in [6.45, 7) is 3.62. The van der Waals surface area contributed by atoms with Gasteiger partial charge in [0.2, 0.25) is 11.8 Å². The van der Waals surface area contributed by atoms with Gasteiger partial charge in [-0.25, -0.2) is 8.78 Å². The molecule has 63 heavy (non-hydrogen) atoms. The predicted molar refractivity (Wildman–Crippen MR) is 242 cm³/mol. The van der Waals surface area contributed by atoms with Crippen LogP contribution in [0, 0.1) is 18.6 Å². The number of hydrogen-bond donors (Lipinski definition) is 7. The van der Waals surface area contributed by atoms with E-state index in [2.05, 4.69) is 17.6 Å². The van der Waals surface area contributed by atoms with Crippen LogP contribution in [0.3, 0.4) is 0 Å². The maximum atomic E-state index is 13.4. The van der Waals surface area contributed by atoms with E-state index in [4.69, 9.17) is 9.47 Å². The quantitative estimate of drug-likeness (QED) is 0.0346. The molecule has 1 heterocycles. The van der Waals surface area contributed by atoms with Gasteiger partial charge in [0.05, 0.1) is 25.2 Å². The Labute approximate surface area is 375 Å². The standard InChI is InChI=1S/C50H80F2N2O9/c1-3-4-5-6-7-8-9-10-11-15-18-21-27-42(55)46(58)41(54-44(56)28-22-19-16-13-12-14-17-20-25-37-29-30-39(51)40(52)32-37)35-62-50-49(61)48(60)47(59)43(63-50)34-53-45(57)33-38-26-23-24-36(2)31-38/h23-24,26,29-32,41-43,46-50,55,58-61H,3-22,25,27-28,33-35H2,1-2H3,(H,53,57)(H,54,56)/t41-,42+,43?,46-,47-,48-,49?,50-/m0/s1. The van der Waals surface area contributed by atoms with Gasteiger partial charge in [-0.2, -0.15) is 0 Å². The monoisotopic (exact) mass is 891 g/mol. The lowest BCUT2D eigenvalue weighted by Gasteiger charge is -2.41. The van der Waals surface area contributed by atoms with Crippen LogP contribution in [0.15, 0.2) is 42.5 Å². The molecule has 1 aliphatic rings. The van der Waals surface area contributed by atoms with Crippen molar-refractivity contribution in [3.8, 4) is 0 Å². The molecule has 0 aromatic heterocycles. The first-order chi connectivity index (χ1) is 30.4. The van der Waals surface area contributed by atoms with Gasteiger partial charge in [-0.05, 0) is 55.9 Å². The van der Waals surface area contributed by atoms with Gasteiger partial charge in [0.25, 0.3) is 0 Å². The number of rotatable bonds is 34. The fourth-order valence-electron chi connectivity index (χ4n) is 8.21. The summed E-state index contributed by atoms with van der Waals surface area (Å²) in [5.74, 6) is -2.30. The molecule has 1 fully saturated rings. The van der Waals surface area contributed by atoms with Crippen molar-refractivity contribution >= 4 is 11.8 Å². The molecule has 1 aliphatic heterocycles. The Bertz CT molecular complexity index is 1550. The average Bonchev–Trinajstić information content (AvgIpc) is 3.26. The van der Waals surface area contributed by atoms with Gasteiger partial charge in [0, 0.05) is 13.0 Å². The maximum absolute atomic E-state index is 13.4. The van der Waals surface area contributed by atoms with Crippen LogP contribution in [0.25, 0.3) is 0 Å². The fourth-order valence-corrected chi connectivity index (χ4v) is 8.21. The van der Waals surface area contributed by atoms with Crippen molar-refractivity contribution in [2.45, 2.75) is 217 Å². The number of nitrogens with one attached hydrogen (secondary N) is 2. The maximum Gasteiger partial charge on any atom is 0.224 e. The molecule has 2 aromatic rings. The van der Waals surface area contributed by atoms with Gasteiger partial charge >= 0.3 is 0 Å². The fraction of sp³-hybridized carbons (Fsp3) is 0.720. The van der Waals surface area contributed by atoms with Crippen LogP contribution in [0.2, 0.25) is 0 Å². The largest absolute Gasteiger partial charge is 0.390 e. The molecular weight excluding hydrogens is 811 g/mol. The number of hydrogen-bond acceptors (Lipinski definition) is 9. The number of benzene rings is 2. The molecule has 7 N–H and O–H groups in total. The highest BCUT2D eigenvalue weighted by atomic mass is 19.2. The number of aliphatic hydroxyl groups is 5. The summed E-state index contributed by atoms with van der Waals surface area (Å²) in [6, 6.07) is 10.5. The van der Waals surface area contributed by atoms with Crippen molar-refractivity contribution < 1.29 is 53.4 Å². The first kappa shape index (κ1) is 54.3. The molecule has 0 saturated carbocycles. The second-order valence-electron chi connectivity index (χ2n) is 17.8. The number of carbonyl (C=O) groups excluding carboxylic acids is 2. The Hall–Kier alpha value is -3.04. The first-order valence-corrected chi connectivity index (χ1v) is 24.1. The molecule has 358 valence electrons. The van der Waals surface area contributed by atoms with E-state index >= 15 is 0 Å². The lowest BCUT2D eigenvalue weighted by molar-refractivity contribution is -0.297. The molecule has 0 bridgehead atoms. The molecule has 1 saturated heterocycles. The van der Waals surface area contributed by atoms with Crippen molar-refractivity contribution in [3.63, 3.8) is 0 Å². The lowest BCUT2D eigenvalue weighted by atomic mass is 9.98. The van der Waals surface area contributed by atoms with Crippen molar-refractivity contribution in [2.24, 2.45) is 0 Å². The SMILES string of the molecule is CCCCCCCCCCCCCC[C@@H](O)[C@@H](O)[C@H](CO[C@H]1OC(CNC(=O)Cc2cccc(C)c2)[C@H](O)[C@H](O)C1O)NC(=O)CCCCCCCCCCc1ccc(F)c(F)c1. The van der Waals surface area contributed by atoms with E-state index < -0.39 is 60.6 Å². The van der Waals surface area contributed by atoms with Crippen LogP contribution >= 0.6 is 0 Å². The van der Waals surface area contributed by atoms with Crippen LogP contribution in [0.4, 0.5) is 8.78 Å². The van der Waals surface area contributed by atoms with Crippen LogP contribution in [-0.4, -0.2) is 99.5 Å². The van der Waals surface area contributed by atoms with Crippen LogP contribution in [0.1, 0.15) is 165 Å². The number of ether oxygens (including phenoxy) is 2. The molecule has 11 nitrogen and oxygen atoms in total. The molecule has 2 amide bonds. The number of unbranched alkanes of at least 4 members (excludes halogenated alkanes) is 18. The molecule has 0 spiro atoms. The van der Waals surface area contributed by atoms with Crippen molar-refractivity contribution in [1.29, 1.82) is 0 Å². The summed E-state index contributed by atoms with van der Waals surface area (Å²) in [5, 5.41) is 60.1. The van der Waals surface area contributed by atoms with E-state index in [9.17, 15) is 43.9 Å². The lowest BCUT2D eigenvalue weighted by Crippen LogP contribution is -2.61. The van der Waals surface area contributed by atoms with Crippen molar-refractivity contribution in [2.75, 3.05) is 13.2 Å². The number of carbonyl (C=O) groups is 2. The summed E-state index contributed by atoms with van der Waals surface area (Å²) >= 11 is 0. The highest BCUT2D eigenvalue weighted by Gasteiger charge is 2.45. The summed E-state index contributed by atoms with van der Waals surface area (Å²) in [6.07, 6.45) is 12.7. The van der Waals surface area contributed by atoms with Gasteiger partial charge in [-0.15, -0.1) is 0 Å². The van der Waals surface area contributed by atoms with E-state index in [1.54, 1.807) is 6.07 Å². The third kappa shape index (κ3) is 22.1. The first-order valence-electron chi connectivity index (χ1n) is 24.1. The van der Waals surface area contributed by atoms with E-state index in [1.807, 2.05) is 31.2 Å². The Kier molecular flexibility index (Phi) is 27.4.